The molecule has 1 aromatic rings. The van der Waals surface area contributed by atoms with Gasteiger partial charge < -0.3 is 10.4 Å². The molecular weight excluding hydrogens is 214 g/mol. The van der Waals surface area contributed by atoms with Crippen LogP contribution in [0.4, 0.5) is 0 Å². The molecule has 1 aromatic heterocycles. The fourth-order valence-electron chi connectivity index (χ4n) is 1.94. The van der Waals surface area contributed by atoms with E-state index < -0.39 is 5.60 Å². The van der Waals surface area contributed by atoms with Crippen LogP contribution in [0.5, 0.6) is 0 Å². The van der Waals surface area contributed by atoms with Crippen LogP contribution in [0, 0.1) is 6.92 Å². The fourth-order valence-corrected chi connectivity index (χ4v) is 1.94. The maximum Gasteiger partial charge on any atom is 0.0782 e. The van der Waals surface area contributed by atoms with E-state index in [2.05, 4.69) is 22.2 Å². The summed E-state index contributed by atoms with van der Waals surface area (Å²) >= 11 is 0. The molecular formula is C13H23N3O. The first-order valence-electron chi connectivity index (χ1n) is 6.19. The number of hydrogen-bond acceptors (Lipinski definition) is 4. The number of rotatable bonds is 6. The zero-order chi connectivity index (χ0) is 12.9. The number of hydrogen-bond donors (Lipinski definition) is 2. The third kappa shape index (κ3) is 4.40. The monoisotopic (exact) mass is 237 g/mol. The lowest BCUT2D eigenvalue weighted by molar-refractivity contribution is 0.0475. The Bertz CT molecular complexity index is 352. The molecule has 0 bridgehead atoms. The maximum atomic E-state index is 10.1. The Morgan fingerprint density at radius 1 is 1.41 bits per heavy atom. The highest BCUT2D eigenvalue weighted by atomic mass is 16.3. The molecule has 17 heavy (non-hydrogen) atoms. The standard InChI is InChI=1S/C13H23N3O/c1-5-6-13(4,17)9-16-11(3)12-10(2)14-7-8-15-12/h7-8,11,16-17H,5-6,9H2,1-4H3. The van der Waals surface area contributed by atoms with E-state index in [1.165, 1.54) is 0 Å². The van der Waals surface area contributed by atoms with Gasteiger partial charge in [0.15, 0.2) is 0 Å². The van der Waals surface area contributed by atoms with E-state index in [1.54, 1.807) is 12.4 Å². The number of aliphatic hydroxyl groups is 1. The molecule has 4 nitrogen and oxygen atoms in total. The summed E-state index contributed by atoms with van der Waals surface area (Å²) in [7, 11) is 0. The predicted octanol–water partition coefficient (Wildman–Crippen LogP) is 1.99. The quantitative estimate of drug-likeness (QED) is 0.794. The summed E-state index contributed by atoms with van der Waals surface area (Å²) in [6.07, 6.45) is 5.17. The van der Waals surface area contributed by atoms with Gasteiger partial charge in [0.25, 0.3) is 0 Å². The summed E-state index contributed by atoms with van der Waals surface area (Å²) in [5.41, 5.74) is 1.22. The highest BCUT2D eigenvalue weighted by molar-refractivity contribution is 5.12. The van der Waals surface area contributed by atoms with Crippen molar-refractivity contribution in [2.75, 3.05) is 6.54 Å². The van der Waals surface area contributed by atoms with Crippen LogP contribution in [0.2, 0.25) is 0 Å². The Labute approximate surface area is 103 Å². The van der Waals surface area contributed by atoms with Gasteiger partial charge in [-0.2, -0.15) is 0 Å². The van der Waals surface area contributed by atoms with Crippen molar-refractivity contribution in [3.05, 3.63) is 23.8 Å². The van der Waals surface area contributed by atoms with E-state index in [1.807, 2.05) is 20.8 Å². The van der Waals surface area contributed by atoms with Crippen LogP contribution in [0.25, 0.3) is 0 Å². The van der Waals surface area contributed by atoms with E-state index in [0.717, 1.165) is 24.2 Å². The Morgan fingerprint density at radius 2 is 2.06 bits per heavy atom. The molecule has 0 fully saturated rings. The first kappa shape index (κ1) is 14.1. The van der Waals surface area contributed by atoms with Gasteiger partial charge in [-0.25, -0.2) is 0 Å². The van der Waals surface area contributed by atoms with Crippen LogP contribution >= 0.6 is 0 Å². The van der Waals surface area contributed by atoms with Gasteiger partial charge in [-0.3, -0.25) is 9.97 Å². The molecule has 0 radical (unpaired) electrons. The van der Waals surface area contributed by atoms with Gasteiger partial charge in [0.1, 0.15) is 0 Å². The summed E-state index contributed by atoms with van der Waals surface area (Å²) < 4.78 is 0. The van der Waals surface area contributed by atoms with Crippen molar-refractivity contribution in [2.24, 2.45) is 0 Å². The van der Waals surface area contributed by atoms with Gasteiger partial charge in [-0.05, 0) is 27.2 Å². The molecule has 0 saturated heterocycles. The van der Waals surface area contributed by atoms with Gasteiger partial charge in [0.05, 0.1) is 17.0 Å². The van der Waals surface area contributed by atoms with E-state index in [4.69, 9.17) is 0 Å². The van der Waals surface area contributed by atoms with Crippen LogP contribution < -0.4 is 5.32 Å². The van der Waals surface area contributed by atoms with Crippen molar-refractivity contribution in [1.82, 2.24) is 15.3 Å². The fraction of sp³-hybridized carbons (Fsp3) is 0.692. The van der Waals surface area contributed by atoms with E-state index >= 15 is 0 Å². The molecule has 0 aliphatic heterocycles. The van der Waals surface area contributed by atoms with Crippen LogP contribution in [-0.4, -0.2) is 27.2 Å². The maximum absolute atomic E-state index is 10.1. The summed E-state index contributed by atoms with van der Waals surface area (Å²) in [6.45, 7) is 8.49. The Balaban J connectivity index is 2.56. The van der Waals surface area contributed by atoms with Gasteiger partial charge >= 0.3 is 0 Å². The first-order valence-corrected chi connectivity index (χ1v) is 6.19. The topological polar surface area (TPSA) is 58.0 Å². The van der Waals surface area contributed by atoms with Crippen molar-refractivity contribution in [1.29, 1.82) is 0 Å². The van der Waals surface area contributed by atoms with Crippen molar-refractivity contribution < 1.29 is 5.11 Å². The van der Waals surface area contributed by atoms with Crippen molar-refractivity contribution in [2.45, 2.75) is 52.2 Å². The molecule has 96 valence electrons. The second-order valence-corrected chi connectivity index (χ2v) is 4.88. The molecule has 2 unspecified atom stereocenters. The Hall–Kier alpha value is -1.00. The highest BCUT2D eigenvalue weighted by Crippen LogP contribution is 2.15. The summed E-state index contributed by atoms with van der Waals surface area (Å²) in [4.78, 5) is 8.53. The van der Waals surface area contributed by atoms with Gasteiger partial charge in [-0.1, -0.05) is 13.3 Å². The van der Waals surface area contributed by atoms with E-state index in [0.29, 0.717) is 6.54 Å². The minimum absolute atomic E-state index is 0.104. The smallest absolute Gasteiger partial charge is 0.0782 e. The molecule has 2 atom stereocenters. The van der Waals surface area contributed by atoms with E-state index in [9.17, 15) is 5.11 Å². The summed E-state index contributed by atoms with van der Waals surface area (Å²) in [6, 6.07) is 0.104. The minimum atomic E-state index is -0.654. The lowest BCUT2D eigenvalue weighted by Crippen LogP contribution is -2.39. The molecule has 1 rings (SSSR count). The van der Waals surface area contributed by atoms with Crippen molar-refractivity contribution in [3.8, 4) is 0 Å². The molecule has 0 aromatic carbocycles. The normalized spacial score (nSPS) is 16.5. The minimum Gasteiger partial charge on any atom is -0.389 e. The van der Waals surface area contributed by atoms with Crippen molar-refractivity contribution >= 4 is 0 Å². The second-order valence-electron chi connectivity index (χ2n) is 4.88. The zero-order valence-corrected chi connectivity index (χ0v) is 11.2. The second kappa shape index (κ2) is 6.07. The average Bonchev–Trinajstić information content (AvgIpc) is 2.27. The third-order valence-electron chi connectivity index (χ3n) is 2.91. The van der Waals surface area contributed by atoms with Crippen LogP contribution in [0.3, 0.4) is 0 Å². The van der Waals surface area contributed by atoms with Crippen molar-refractivity contribution in [3.63, 3.8) is 0 Å². The molecule has 2 N–H and O–H groups in total. The van der Waals surface area contributed by atoms with Gasteiger partial charge in [0.2, 0.25) is 0 Å². The molecule has 0 aliphatic carbocycles. The molecule has 0 amide bonds. The first-order chi connectivity index (χ1) is 7.96. The van der Waals surface area contributed by atoms with Crippen LogP contribution in [-0.2, 0) is 0 Å². The lowest BCUT2D eigenvalue weighted by atomic mass is 10.00. The number of nitrogens with zero attached hydrogens (tertiary/aromatic N) is 2. The van der Waals surface area contributed by atoms with Crippen LogP contribution in [0.1, 0.15) is 51.0 Å². The lowest BCUT2D eigenvalue weighted by Gasteiger charge is -2.25. The Morgan fingerprint density at radius 3 is 2.65 bits per heavy atom. The SMILES string of the molecule is CCCC(C)(O)CNC(C)c1nccnc1C. The number of aryl methyl sites for hydroxylation is 1. The van der Waals surface area contributed by atoms with Gasteiger partial charge in [0, 0.05) is 25.0 Å². The largest absolute Gasteiger partial charge is 0.389 e. The summed E-state index contributed by atoms with van der Waals surface area (Å²) in [5, 5.41) is 13.4. The average molecular weight is 237 g/mol. The van der Waals surface area contributed by atoms with Crippen LogP contribution in [0.15, 0.2) is 12.4 Å². The number of nitrogens with one attached hydrogen (secondary N) is 1. The Kier molecular flexibility index (Phi) is 5.02. The summed E-state index contributed by atoms with van der Waals surface area (Å²) in [5.74, 6) is 0. The molecule has 1 heterocycles. The molecule has 0 saturated carbocycles. The molecule has 0 spiro atoms. The predicted molar refractivity (Wildman–Crippen MR) is 68.7 cm³/mol. The highest BCUT2D eigenvalue weighted by Gasteiger charge is 2.20. The van der Waals surface area contributed by atoms with E-state index in [-0.39, 0.29) is 6.04 Å². The molecule has 0 aliphatic rings. The molecule has 4 heteroatoms. The van der Waals surface area contributed by atoms with Gasteiger partial charge in [-0.15, -0.1) is 0 Å². The zero-order valence-electron chi connectivity index (χ0n) is 11.2. The third-order valence-corrected chi connectivity index (χ3v) is 2.91. The number of aromatic nitrogens is 2.